The van der Waals surface area contributed by atoms with Gasteiger partial charge in [-0.25, -0.2) is 4.98 Å². The molecule has 0 unspecified atom stereocenters. The van der Waals surface area contributed by atoms with Crippen LogP contribution in [0.1, 0.15) is 44.6 Å². The fourth-order valence-corrected chi connectivity index (χ4v) is 2.83. The Morgan fingerprint density at radius 1 is 1.24 bits per heavy atom. The average Bonchev–Trinajstić information content (AvgIpc) is 3.18. The minimum absolute atomic E-state index is 0.746. The van der Waals surface area contributed by atoms with Crippen molar-refractivity contribution in [1.82, 2.24) is 15.6 Å². The zero-order valence-corrected chi connectivity index (χ0v) is 15.8. The second kappa shape index (κ2) is 11.7. The highest BCUT2D eigenvalue weighted by Crippen LogP contribution is 2.18. The highest BCUT2D eigenvalue weighted by Gasteiger charge is 2.13. The first-order chi connectivity index (χ1) is 12.3. The number of guanidine groups is 1. The van der Waals surface area contributed by atoms with Crippen LogP contribution in [0.5, 0.6) is 0 Å². The maximum Gasteiger partial charge on any atom is 0.191 e. The lowest BCUT2D eigenvalue weighted by atomic mass is 10.2. The van der Waals surface area contributed by atoms with Gasteiger partial charge in [-0.3, -0.25) is 4.99 Å². The topological polar surface area (TPSA) is 61.8 Å². The number of pyridine rings is 1. The molecule has 25 heavy (non-hydrogen) atoms. The summed E-state index contributed by atoms with van der Waals surface area (Å²) in [5.41, 5.74) is 1.22. The Morgan fingerprint density at radius 3 is 2.80 bits per heavy atom. The molecule has 2 rings (SSSR count). The van der Waals surface area contributed by atoms with E-state index in [4.69, 9.17) is 4.74 Å². The number of nitrogens with zero attached hydrogens (tertiary/aromatic N) is 3. The molecule has 1 aliphatic rings. The van der Waals surface area contributed by atoms with Crippen molar-refractivity contribution in [3.05, 3.63) is 23.9 Å². The highest BCUT2D eigenvalue weighted by molar-refractivity contribution is 5.79. The summed E-state index contributed by atoms with van der Waals surface area (Å²) in [5, 5.41) is 6.70. The van der Waals surface area contributed by atoms with Gasteiger partial charge in [0, 0.05) is 52.6 Å². The van der Waals surface area contributed by atoms with E-state index in [-0.39, 0.29) is 0 Å². The smallest absolute Gasteiger partial charge is 0.191 e. The number of rotatable bonds is 10. The quantitative estimate of drug-likeness (QED) is 0.387. The first-order valence-corrected chi connectivity index (χ1v) is 9.55. The molecule has 1 aromatic rings. The summed E-state index contributed by atoms with van der Waals surface area (Å²) in [4.78, 5) is 11.1. The molecule has 1 aliphatic heterocycles. The number of ether oxygens (including phenoxy) is 1. The minimum atomic E-state index is 0.746. The maximum atomic E-state index is 5.57. The van der Waals surface area contributed by atoms with Crippen molar-refractivity contribution in [2.75, 3.05) is 44.8 Å². The van der Waals surface area contributed by atoms with Crippen LogP contribution in [0, 0.1) is 0 Å². The molecule has 1 saturated heterocycles. The van der Waals surface area contributed by atoms with E-state index in [0.29, 0.717) is 0 Å². The fraction of sp³-hybridized carbons (Fsp3) is 0.684. The van der Waals surface area contributed by atoms with Crippen LogP contribution in [0.15, 0.2) is 23.3 Å². The summed E-state index contributed by atoms with van der Waals surface area (Å²) in [6.45, 7) is 7.69. The molecule has 140 valence electrons. The van der Waals surface area contributed by atoms with Gasteiger partial charge in [-0.1, -0.05) is 13.3 Å². The second-order valence-electron chi connectivity index (χ2n) is 6.39. The number of anilines is 1. The lowest BCUT2D eigenvalue weighted by Crippen LogP contribution is -2.37. The van der Waals surface area contributed by atoms with Crippen LogP contribution in [-0.2, 0) is 11.3 Å². The second-order valence-corrected chi connectivity index (χ2v) is 6.39. The Morgan fingerprint density at radius 2 is 2.04 bits per heavy atom. The van der Waals surface area contributed by atoms with E-state index in [1.165, 1.54) is 24.8 Å². The minimum Gasteiger partial charge on any atom is -0.381 e. The van der Waals surface area contributed by atoms with Crippen LogP contribution < -0.4 is 15.5 Å². The zero-order valence-electron chi connectivity index (χ0n) is 15.8. The predicted molar refractivity (Wildman–Crippen MR) is 104 cm³/mol. The number of hydrogen-bond acceptors (Lipinski definition) is 4. The molecule has 2 N–H and O–H groups in total. The molecule has 0 saturated carbocycles. The number of aliphatic imine (C=N–C) groups is 1. The number of unbranched alkanes of at least 4 members (excludes halogenated alkanes) is 1. The van der Waals surface area contributed by atoms with E-state index in [0.717, 1.165) is 64.0 Å². The molecular weight excluding hydrogens is 314 g/mol. The van der Waals surface area contributed by atoms with Gasteiger partial charge < -0.3 is 20.3 Å². The van der Waals surface area contributed by atoms with Crippen molar-refractivity contribution in [3.8, 4) is 0 Å². The molecule has 1 aromatic heterocycles. The average molecular weight is 348 g/mol. The lowest BCUT2D eigenvalue weighted by molar-refractivity contribution is 0.129. The molecule has 2 heterocycles. The van der Waals surface area contributed by atoms with Crippen molar-refractivity contribution in [2.24, 2.45) is 4.99 Å². The molecule has 0 amide bonds. The molecule has 0 atom stereocenters. The fourth-order valence-electron chi connectivity index (χ4n) is 2.83. The molecule has 6 heteroatoms. The Kier molecular flexibility index (Phi) is 9.12. The Balaban J connectivity index is 1.67. The largest absolute Gasteiger partial charge is 0.381 e. The molecule has 6 nitrogen and oxygen atoms in total. The maximum absolute atomic E-state index is 5.57. The van der Waals surface area contributed by atoms with Crippen LogP contribution in [0.3, 0.4) is 0 Å². The van der Waals surface area contributed by atoms with Crippen LogP contribution in [0.4, 0.5) is 5.82 Å². The SMILES string of the molecule is CCCCOCCCNC(=NC)NCc1ccnc(N2CCCC2)c1. The van der Waals surface area contributed by atoms with Crippen LogP contribution in [-0.4, -0.2) is 50.8 Å². The van der Waals surface area contributed by atoms with E-state index in [1.54, 1.807) is 7.05 Å². The van der Waals surface area contributed by atoms with Gasteiger partial charge in [-0.15, -0.1) is 0 Å². The number of aromatic nitrogens is 1. The molecule has 0 aliphatic carbocycles. The Labute approximate surface area is 152 Å². The van der Waals surface area contributed by atoms with E-state index >= 15 is 0 Å². The van der Waals surface area contributed by atoms with Gasteiger partial charge in [-0.05, 0) is 43.4 Å². The zero-order chi connectivity index (χ0) is 17.7. The van der Waals surface area contributed by atoms with Crippen LogP contribution in [0.2, 0.25) is 0 Å². The lowest BCUT2D eigenvalue weighted by Gasteiger charge is -2.17. The van der Waals surface area contributed by atoms with E-state index in [9.17, 15) is 0 Å². The van der Waals surface area contributed by atoms with Crippen molar-refractivity contribution in [1.29, 1.82) is 0 Å². The number of nitrogens with one attached hydrogen (secondary N) is 2. The normalized spacial score (nSPS) is 14.8. The Hall–Kier alpha value is -1.82. The molecule has 1 fully saturated rings. The van der Waals surface area contributed by atoms with Crippen LogP contribution in [0.25, 0.3) is 0 Å². The van der Waals surface area contributed by atoms with Gasteiger partial charge in [0.25, 0.3) is 0 Å². The molecular formula is C19H33N5O. The first-order valence-electron chi connectivity index (χ1n) is 9.55. The first kappa shape index (κ1) is 19.5. The van der Waals surface area contributed by atoms with Crippen LogP contribution >= 0.6 is 0 Å². The van der Waals surface area contributed by atoms with Gasteiger partial charge in [0.05, 0.1) is 0 Å². The van der Waals surface area contributed by atoms with Gasteiger partial charge in [0.2, 0.25) is 0 Å². The highest BCUT2D eigenvalue weighted by atomic mass is 16.5. The summed E-state index contributed by atoms with van der Waals surface area (Å²) in [5.74, 6) is 1.91. The van der Waals surface area contributed by atoms with E-state index in [2.05, 4.69) is 44.6 Å². The van der Waals surface area contributed by atoms with Crippen molar-refractivity contribution in [2.45, 2.75) is 45.6 Å². The summed E-state index contributed by atoms with van der Waals surface area (Å²) >= 11 is 0. The van der Waals surface area contributed by atoms with Gasteiger partial charge in [0.15, 0.2) is 5.96 Å². The molecule has 0 spiro atoms. The summed E-state index contributed by atoms with van der Waals surface area (Å²) in [6.07, 6.45) is 7.74. The molecule has 0 radical (unpaired) electrons. The molecule has 0 bridgehead atoms. The van der Waals surface area contributed by atoms with E-state index < -0.39 is 0 Å². The third-order valence-electron chi connectivity index (χ3n) is 4.32. The molecule has 0 aromatic carbocycles. The van der Waals surface area contributed by atoms with Gasteiger partial charge in [0.1, 0.15) is 5.82 Å². The predicted octanol–water partition coefficient (Wildman–Crippen LogP) is 2.55. The third-order valence-corrected chi connectivity index (χ3v) is 4.32. The van der Waals surface area contributed by atoms with Crippen molar-refractivity contribution >= 4 is 11.8 Å². The van der Waals surface area contributed by atoms with Gasteiger partial charge >= 0.3 is 0 Å². The monoisotopic (exact) mass is 347 g/mol. The van der Waals surface area contributed by atoms with E-state index in [1.807, 2.05) is 6.20 Å². The summed E-state index contributed by atoms with van der Waals surface area (Å²) < 4.78 is 5.57. The summed E-state index contributed by atoms with van der Waals surface area (Å²) in [6, 6.07) is 4.23. The third kappa shape index (κ3) is 7.30. The Bertz CT molecular complexity index is 514. The van der Waals surface area contributed by atoms with Crippen molar-refractivity contribution < 1.29 is 4.74 Å². The number of hydrogen-bond donors (Lipinski definition) is 2. The van der Waals surface area contributed by atoms with Crippen molar-refractivity contribution in [3.63, 3.8) is 0 Å². The summed E-state index contributed by atoms with van der Waals surface area (Å²) in [7, 11) is 1.80. The van der Waals surface area contributed by atoms with Gasteiger partial charge in [-0.2, -0.15) is 0 Å². The standard InChI is InChI=1S/C19H33N5O/c1-3-4-13-25-14-7-9-22-19(20-2)23-16-17-8-10-21-18(15-17)24-11-5-6-12-24/h8,10,15H,3-7,9,11-14,16H2,1-2H3,(H2,20,22,23).